The van der Waals surface area contributed by atoms with Gasteiger partial charge in [-0.1, -0.05) is 26.0 Å². The second-order valence-electron chi connectivity index (χ2n) is 5.31. The summed E-state index contributed by atoms with van der Waals surface area (Å²) >= 11 is 0. The summed E-state index contributed by atoms with van der Waals surface area (Å²) < 4.78 is 26.6. The molecule has 0 bridgehead atoms. The Morgan fingerprint density at radius 3 is 2.26 bits per heavy atom. The molecule has 1 unspecified atom stereocenters. The SMILES string of the molecule is Cc1cc(CN)ccc1S(=O)(=O)N(C)C(C)C(C)C. The van der Waals surface area contributed by atoms with E-state index in [1.54, 1.807) is 26.1 Å². The quantitative estimate of drug-likeness (QED) is 0.901. The smallest absolute Gasteiger partial charge is 0.243 e. The number of hydrogen-bond acceptors (Lipinski definition) is 3. The molecule has 2 N–H and O–H groups in total. The normalized spacial score (nSPS) is 14.1. The maximum absolute atomic E-state index is 12.6. The lowest BCUT2D eigenvalue weighted by atomic mass is 10.1. The number of nitrogens with zero attached hydrogens (tertiary/aromatic N) is 1. The molecule has 1 aromatic carbocycles. The number of sulfonamides is 1. The van der Waals surface area contributed by atoms with Crippen LogP contribution in [0.1, 0.15) is 31.9 Å². The summed E-state index contributed by atoms with van der Waals surface area (Å²) in [7, 11) is -1.81. The molecular weight excluding hydrogens is 260 g/mol. The molecule has 0 saturated carbocycles. The van der Waals surface area contributed by atoms with Crippen LogP contribution in [0.25, 0.3) is 0 Å². The summed E-state index contributed by atoms with van der Waals surface area (Å²) in [6, 6.07) is 5.21. The first-order valence-corrected chi connectivity index (χ1v) is 7.93. The lowest BCUT2D eigenvalue weighted by molar-refractivity contribution is 0.315. The van der Waals surface area contributed by atoms with E-state index in [9.17, 15) is 8.42 Å². The fraction of sp³-hybridized carbons (Fsp3) is 0.571. The van der Waals surface area contributed by atoms with Gasteiger partial charge in [0, 0.05) is 19.6 Å². The van der Waals surface area contributed by atoms with Gasteiger partial charge in [-0.2, -0.15) is 4.31 Å². The van der Waals surface area contributed by atoms with Gasteiger partial charge >= 0.3 is 0 Å². The van der Waals surface area contributed by atoms with Crippen molar-refractivity contribution in [3.8, 4) is 0 Å². The van der Waals surface area contributed by atoms with Gasteiger partial charge in [0.05, 0.1) is 4.90 Å². The van der Waals surface area contributed by atoms with Crippen molar-refractivity contribution in [3.63, 3.8) is 0 Å². The van der Waals surface area contributed by atoms with Gasteiger partial charge in [-0.3, -0.25) is 0 Å². The first-order valence-electron chi connectivity index (χ1n) is 6.49. The first-order chi connectivity index (χ1) is 8.71. The van der Waals surface area contributed by atoms with Crippen LogP contribution < -0.4 is 5.73 Å². The predicted molar refractivity (Wildman–Crippen MR) is 78.3 cm³/mol. The van der Waals surface area contributed by atoms with Crippen LogP contribution in [0.2, 0.25) is 0 Å². The Morgan fingerprint density at radius 1 is 1.26 bits per heavy atom. The van der Waals surface area contributed by atoms with E-state index in [4.69, 9.17) is 5.73 Å². The average Bonchev–Trinajstić information content (AvgIpc) is 2.36. The fourth-order valence-corrected chi connectivity index (χ4v) is 3.62. The fourth-order valence-electron chi connectivity index (χ4n) is 1.92. The molecule has 0 radical (unpaired) electrons. The number of aryl methyl sites for hydroxylation is 1. The summed E-state index contributed by atoms with van der Waals surface area (Å²) in [5.74, 6) is 0.267. The molecule has 1 rings (SSSR count). The van der Waals surface area contributed by atoms with E-state index in [1.807, 2.05) is 26.8 Å². The lowest BCUT2D eigenvalue weighted by Crippen LogP contribution is -2.38. The Labute approximate surface area is 116 Å². The van der Waals surface area contributed by atoms with Crippen molar-refractivity contribution in [2.75, 3.05) is 7.05 Å². The molecule has 0 amide bonds. The van der Waals surface area contributed by atoms with Crippen molar-refractivity contribution in [3.05, 3.63) is 29.3 Å². The molecule has 0 spiro atoms. The Hall–Kier alpha value is -0.910. The molecule has 4 nitrogen and oxygen atoms in total. The third-order valence-corrected chi connectivity index (χ3v) is 5.78. The minimum absolute atomic E-state index is 0.0430. The minimum Gasteiger partial charge on any atom is -0.326 e. The third kappa shape index (κ3) is 3.35. The molecular formula is C14H24N2O2S. The number of hydrogen-bond donors (Lipinski definition) is 1. The van der Waals surface area contributed by atoms with Crippen LogP contribution in [0.4, 0.5) is 0 Å². The van der Waals surface area contributed by atoms with Gasteiger partial charge in [0.2, 0.25) is 10.0 Å². The number of benzene rings is 1. The molecule has 108 valence electrons. The van der Waals surface area contributed by atoms with Crippen molar-refractivity contribution in [1.82, 2.24) is 4.31 Å². The van der Waals surface area contributed by atoms with Crippen LogP contribution in [0.5, 0.6) is 0 Å². The Balaban J connectivity index is 3.20. The summed E-state index contributed by atoms with van der Waals surface area (Å²) in [6.45, 7) is 8.17. The predicted octanol–water partition coefficient (Wildman–Crippen LogP) is 2.12. The van der Waals surface area contributed by atoms with Gasteiger partial charge < -0.3 is 5.73 Å². The highest BCUT2D eigenvalue weighted by Crippen LogP contribution is 2.23. The zero-order valence-corrected chi connectivity index (χ0v) is 13.2. The zero-order chi connectivity index (χ0) is 14.8. The third-order valence-electron chi connectivity index (χ3n) is 3.67. The molecule has 0 aromatic heterocycles. The van der Waals surface area contributed by atoms with Crippen LogP contribution in [-0.2, 0) is 16.6 Å². The van der Waals surface area contributed by atoms with E-state index in [0.717, 1.165) is 11.1 Å². The Morgan fingerprint density at radius 2 is 1.84 bits per heavy atom. The minimum atomic E-state index is -3.45. The van der Waals surface area contributed by atoms with Crippen LogP contribution >= 0.6 is 0 Å². The molecule has 0 saturated heterocycles. The van der Waals surface area contributed by atoms with Crippen LogP contribution in [0, 0.1) is 12.8 Å². The summed E-state index contributed by atoms with van der Waals surface area (Å²) in [4.78, 5) is 0.361. The molecule has 0 aliphatic rings. The van der Waals surface area contributed by atoms with E-state index < -0.39 is 10.0 Å². The number of nitrogens with two attached hydrogens (primary N) is 1. The lowest BCUT2D eigenvalue weighted by Gasteiger charge is -2.27. The van der Waals surface area contributed by atoms with Gasteiger partial charge in [0.1, 0.15) is 0 Å². The standard InChI is InChI=1S/C14H24N2O2S/c1-10(2)12(4)16(5)19(17,18)14-7-6-13(9-15)8-11(14)3/h6-8,10,12H,9,15H2,1-5H3. The van der Waals surface area contributed by atoms with Gasteiger partial charge in [-0.25, -0.2) is 8.42 Å². The maximum atomic E-state index is 12.6. The Kier molecular flexibility index (Phi) is 5.12. The molecule has 5 heteroatoms. The van der Waals surface area contributed by atoms with E-state index in [2.05, 4.69) is 0 Å². The first kappa shape index (κ1) is 16.1. The van der Waals surface area contributed by atoms with Crippen LogP contribution in [0.15, 0.2) is 23.1 Å². The zero-order valence-electron chi connectivity index (χ0n) is 12.3. The van der Waals surface area contributed by atoms with E-state index in [1.165, 1.54) is 4.31 Å². The summed E-state index contributed by atoms with van der Waals surface area (Å²) in [6.07, 6.45) is 0. The molecule has 0 heterocycles. The van der Waals surface area contributed by atoms with E-state index in [0.29, 0.717) is 11.4 Å². The van der Waals surface area contributed by atoms with Gasteiger partial charge in [-0.05, 0) is 37.0 Å². The second kappa shape index (κ2) is 6.03. The van der Waals surface area contributed by atoms with Crippen molar-refractivity contribution in [2.24, 2.45) is 11.7 Å². The second-order valence-corrected chi connectivity index (χ2v) is 7.28. The van der Waals surface area contributed by atoms with E-state index in [-0.39, 0.29) is 12.0 Å². The van der Waals surface area contributed by atoms with Gasteiger partial charge in [0.15, 0.2) is 0 Å². The molecule has 0 fully saturated rings. The van der Waals surface area contributed by atoms with Crippen LogP contribution in [0.3, 0.4) is 0 Å². The summed E-state index contributed by atoms with van der Waals surface area (Å²) in [5.41, 5.74) is 7.25. The van der Waals surface area contributed by atoms with E-state index >= 15 is 0 Å². The van der Waals surface area contributed by atoms with Crippen LogP contribution in [-0.4, -0.2) is 25.8 Å². The Bertz CT molecular complexity index is 538. The van der Waals surface area contributed by atoms with Crippen molar-refractivity contribution < 1.29 is 8.42 Å². The molecule has 1 aromatic rings. The molecule has 0 aliphatic heterocycles. The van der Waals surface area contributed by atoms with Crippen molar-refractivity contribution in [1.29, 1.82) is 0 Å². The maximum Gasteiger partial charge on any atom is 0.243 e. The van der Waals surface area contributed by atoms with Gasteiger partial charge in [0.25, 0.3) is 0 Å². The number of rotatable bonds is 5. The molecule has 19 heavy (non-hydrogen) atoms. The highest BCUT2D eigenvalue weighted by molar-refractivity contribution is 7.89. The summed E-state index contributed by atoms with van der Waals surface area (Å²) in [5, 5.41) is 0. The highest BCUT2D eigenvalue weighted by atomic mass is 32.2. The van der Waals surface area contributed by atoms with Crippen molar-refractivity contribution in [2.45, 2.75) is 45.2 Å². The molecule has 0 aliphatic carbocycles. The molecule has 1 atom stereocenters. The largest absolute Gasteiger partial charge is 0.326 e. The van der Waals surface area contributed by atoms with Crippen molar-refractivity contribution >= 4 is 10.0 Å². The average molecular weight is 284 g/mol. The topological polar surface area (TPSA) is 63.4 Å². The highest BCUT2D eigenvalue weighted by Gasteiger charge is 2.28. The van der Waals surface area contributed by atoms with Gasteiger partial charge in [-0.15, -0.1) is 0 Å². The monoisotopic (exact) mass is 284 g/mol.